The first-order valence-corrected chi connectivity index (χ1v) is 6.95. The molecule has 1 aliphatic rings. The number of hydrogen-bond acceptors (Lipinski definition) is 2. The molecule has 1 saturated heterocycles. The molecule has 0 spiro atoms. The minimum atomic E-state index is -4.54. The van der Waals surface area contributed by atoms with Crippen LogP contribution in [-0.2, 0) is 6.18 Å². The number of hydrogen-bond donors (Lipinski definition) is 1. The van der Waals surface area contributed by atoms with Crippen LogP contribution in [0.3, 0.4) is 0 Å². The third kappa shape index (κ3) is 4.11. The van der Waals surface area contributed by atoms with Crippen molar-refractivity contribution in [3.8, 4) is 0 Å². The first kappa shape index (κ1) is 18.3. The highest BCUT2D eigenvalue weighted by Gasteiger charge is 2.37. The number of benzene rings is 1. The van der Waals surface area contributed by atoms with Crippen LogP contribution in [0.2, 0.25) is 0 Å². The number of rotatable bonds is 2. The molecular formula is C13H15BrClF3N2O. The van der Waals surface area contributed by atoms with Crippen molar-refractivity contribution in [2.24, 2.45) is 0 Å². The largest absolute Gasteiger partial charge is 0.417 e. The van der Waals surface area contributed by atoms with E-state index in [0.717, 1.165) is 12.5 Å². The summed E-state index contributed by atoms with van der Waals surface area (Å²) >= 11 is 3.01. The maximum absolute atomic E-state index is 13.0. The zero-order valence-corrected chi connectivity index (χ0v) is 13.6. The highest BCUT2D eigenvalue weighted by Crippen LogP contribution is 2.34. The minimum Gasteiger partial charge on any atom is -0.337 e. The van der Waals surface area contributed by atoms with Gasteiger partial charge in [0, 0.05) is 23.6 Å². The van der Waals surface area contributed by atoms with Gasteiger partial charge < -0.3 is 10.2 Å². The number of carbonyl (C=O) groups excluding carboxylic acids is 1. The van der Waals surface area contributed by atoms with Crippen LogP contribution in [0.5, 0.6) is 0 Å². The molecule has 1 fully saturated rings. The van der Waals surface area contributed by atoms with Gasteiger partial charge in [-0.3, -0.25) is 4.79 Å². The van der Waals surface area contributed by atoms with Crippen LogP contribution < -0.4 is 5.32 Å². The smallest absolute Gasteiger partial charge is 0.337 e. The lowest BCUT2D eigenvalue weighted by atomic mass is 10.1. The molecule has 21 heavy (non-hydrogen) atoms. The number of likely N-dealkylation sites (tertiary alicyclic amines) is 1. The number of amides is 1. The van der Waals surface area contributed by atoms with E-state index in [1.807, 2.05) is 0 Å². The number of nitrogens with one attached hydrogen (secondary N) is 1. The average Bonchev–Trinajstić information content (AvgIpc) is 2.85. The Labute approximate surface area is 135 Å². The Morgan fingerprint density at radius 2 is 2.10 bits per heavy atom. The molecule has 0 aliphatic carbocycles. The summed E-state index contributed by atoms with van der Waals surface area (Å²) in [5.41, 5.74) is -1.19. The molecule has 3 nitrogen and oxygen atoms in total. The summed E-state index contributed by atoms with van der Waals surface area (Å²) < 4.78 is 39.3. The molecule has 0 saturated carbocycles. The molecule has 1 aromatic carbocycles. The summed E-state index contributed by atoms with van der Waals surface area (Å²) in [6.07, 6.45) is -3.79. The normalized spacial score (nSPS) is 18.5. The molecule has 0 radical (unpaired) electrons. The van der Waals surface area contributed by atoms with E-state index in [-0.39, 0.29) is 24.0 Å². The Hall–Kier alpha value is -0.790. The van der Waals surface area contributed by atoms with Gasteiger partial charge in [0.2, 0.25) is 0 Å². The Morgan fingerprint density at radius 1 is 1.43 bits per heavy atom. The lowest BCUT2D eigenvalue weighted by molar-refractivity contribution is -0.138. The predicted octanol–water partition coefficient (Wildman–Crippen LogP) is 3.32. The summed E-state index contributed by atoms with van der Waals surface area (Å²) in [5.74, 6) is -0.567. The second-order valence-electron chi connectivity index (χ2n) is 4.71. The van der Waals surface area contributed by atoms with Gasteiger partial charge in [-0.05, 0) is 31.7 Å². The lowest BCUT2D eigenvalue weighted by Crippen LogP contribution is -2.34. The van der Waals surface area contributed by atoms with Gasteiger partial charge in [0.1, 0.15) is 0 Å². The Balaban J connectivity index is 0.00000220. The fourth-order valence-corrected chi connectivity index (χ4v) is 2.65. The third-order valence-electron chi connectivity index (χ3n) is 3.40. The van der Waals surface area contributed by atoms with Gasteiger partial charge in [-0.25, -0.2) is 0 Å². The second kappa shape index (κ2) is 6.98. The summed E-state index contributed by atoms with van der Waals surface area (Å²) in [5, 5.41) is 3.03. The molecule has 1 aromatic rings. The van der Waals surface area contributed by atoms with Crippen molar-refractivity contribution >= 4 is 34.2 Å². The SMILES string of the molecule is CNC1CCN(C(=O)c2ccc(Br)cc2C(F)(F)F)C1.Cl. The second-order valence-corrected chi connectivity index (χ2v) is 5.63. The molecule has 1 unspecified atom stereocenters. The van der Waals surface area contributed by atoms with Crippen LogP contribution >= 0.6 is 28.3 Å². The summed E-state index contributed by atoms with van der Waals surface area (Å²) in [4.78, 5) is 13.7. The molecule has 1 amide bonds. The van der Waals surface area contributed by atoms with Crippen molar-refractivity contribution in [1.29, 1.82) is 0 Å². The van der Waals surface area contributed by atoms with Gasteiger partial charge >= 0.3 is 6.18 Å². The van der Waals surface area contributed by atoms with Gasteiger partial charge in [0.05, 0.1) is 11.1 Å². The van der Waals surface area contributed by atoms with Crippen molar-refractivity contribution in [3.05, 3.63) is 33.8 Å². The zero-order chi connectivity index (χ0) is 14.9. The lowest BCUT2D eigenvalue weighted by Gasteiger charge is -2.19. The molecule has 0 bridgehead atoms. The highest BCUT2D eigenvalue weighted by atomic mass is 79.9. The zero-order valence-electron chi connectivity index (χ0n) is 11.2. The minimum absolute atomic E-state index is 0. The fourth-order valence-electron chi connectivity index (χ4n) is 2.29. The van der Waals surface area contributed by atoms with Gasteiger partial charge in [-0.1, -0.05) is 15.9 Å². The van der Waals surface area contributed by atoms with Gasteiger partial charge in [0.25, 0.3) is 5.91 Å². The van der Waals surface area contributed by atoms with E-state index in [4.69, 9.17) is 0 Å². The van der Waals surface area contributed by atoms with Crippen LogP contribution in [0.15, 0.2) is 22.7 Å². The molecular weight excluding hydrogens is 373 g/mol. The number of alkyl halides is 3. The van der Waals surface area contributed by atoms with E-state index in [1.165, 1.54) is 17.0 Å². The van der Waals surface area contributed by atoms with E-state index < -0.39 is 17.6 Å². The maximum atomic E-state index is 13.0. The van der Waals surface area contributed by atoms with E-state index in [2.05, 4.69) is 21.2 Å². The van der Waals surface area contributed by atoms with Crippen molar-refractivity contribution in [2.45, 2.75) is 18.6 Å². The molecule has 1 N–H and O–H groups in total. The van der Waals surface area contributed by atoms with E-state index in [9.17, 15) is 18.0 Å². The molecule has 1 atom stereocenters. The van der Waals surface area contributed by atoms with Gasteiger partial charge in [-0.2, -0.15) is 13.2 Å². The van der Waals surface area contributed by atoms with Crippen molar-refractivity contribution in [3.63, 3.8) is 0 Å². The fraction of sp³-hybridized carbons (Fsp3) is 0.462. The molecule has 8 heteroatoms. The quantitative estimate of drug-likeness (QED) is 0.844. The number of carbonyl (C=O) groups is 1. The predicted molar refractivity (Wildman–Crippen MR) is 79.8 cm³/mol. The third-order valence-corrected chi connectivity index (χ3v) is 3.89. The standard InChI is InChI=1S/C13H14BrF3N2O.ClH/c1-18-9-4-5-19(7-9)12(20)10-3-2-8(14)6-11(10)13(15,16)17;/h2-3,6,9,18H,4-5,7H2,1H3;1H. The molecule has 118 valence electrons. The van der Waals surface area contributed by atoms with Crippen LogP contribution in [0.25, 0.3) is 0 Å². The van der Waals surface area contributed by atoms with E-state index in [0.29, 0.717) is 17.6 Å². The van der Waals surface area contributed by atoms with Crippen molar-refractivity contribution < 1.29 is 18.0 Å². The van der Waals surface area contributed by atoms with Crippen LogP contribution in [0.4, 0.5) is 13.2 Å². The summed E-state index contributed by atoms with van der Waals surface area (Å²) in [6.45, 7) is 0.903. The highest BCUT2D eigenvalue weighted by molar-refractivity contribution is 9.10. The summed E-state index contributed by atoms with van der Waals surface area (Å²) in [6, 6.07) is 3.76. The number of likely N-dealkylation sites (N-methyl/N-ethyl adjacent to an activating group) is 1. The summed E-state index contributed by atoms with van der Waals surface area (Å²) in [7, 11) is 1.78. The average molecular weight is 388 g/mol. The maximum Gasteiger partial charge on any atom is 0.417 e. The number of nitrogens with zero attached hydrogens (tertiary/aromatic N) is 1. The molecule has 2 rings (SSSR count). The Bertz CT molecular complexity index is 525. The number of halogens is 5. The van der Waals surface area contributed by atoms with Crippen molar-refractivity contribution in [1.82, 2.24) is 10.2 Å². The first-order valence-electron chi connectivity index (χ1n) is 6.16. The van der Waals surface area contributed by atoms with Crippen LogP contribution in [-0.4, -0.2) is 37.0 Å². The van der Waals surface area contributed by atoms with Crippen molar-refractivity contribution in [2.75, 3.05) is 20.1 Å². The molecule has 1 heterocycles. The van der Waals surface area contributed by atoms with E-state index >= 15 is 0 Å². The topological polar surface area (TPSA) is 32.3 Å². The van der Waals surface area contributed by atoms with Crippen LogP contribution in [0.1, 0.15) is 22.3 Å². The first-order chi connectivity index (χ1) is 9.32. The molecule has 0 aromatic heterocycles. The Kier molecular flexibility index (Phi) is 6.07. The van der Waals surface area contributed by atoms with Gasteiger partial charge in [0.15, 0.2) is 0 Å². The van der Waals surface area contributed by atoms with Gasteiger partial charge in [-0.15, -0.1) is 12.4 Å². The van der Waals surface area contributed by atoms with E-state index in [1.54, 1.807) is 7.05 Å². The molecule has 1 aliphatic heterocycles. The Morgan fingerprint density at radius 3 is 2.62 bits per heavy atom. The monoisotopic (exact) mass is 386 g/mol. The van der Waals surface area contributed by atoms with Crippen LogP contribution in [0, 0.1) is 0 Å².